The molecule has 0 fully saturated rings. The van der Waals surface area contributed by atoms with Crippen LogP contribution in [0.2, 0.25) is 0 Å². The zero-order valence-corrected chi connectivity index (χ0v) is 17.3. The van der Waals surface area contributed by atoms with Crippen LogP contribution in [-0.4, -0.2) is 15.5 Å². The van der Waals surface area contributed by atoms with Gasteiger partial charge in [-0.1, -0.05) is 36.9 Å². The van der Waals surface area contributed by atoms with Gasteiger partial charge in [0.2, 0.25) is 5.91 Å². The molecule has 1 heterocycles. The number of carbonyl (C=O) groups excluding carboxylic acids is 1. The van der Waals surface area contributed by atoms with Crippen LogP contribution in [0.25, 0.3) is 10.9 Å². The Bertz CT molecular complexity index is 1350. The summed E-state index contributed by atoms with van der Waals surface area (Å²) in [5, 5.41) is 2.98. The summed E-state index contributed by atoms with van der Waals surface area (Å²) in [5.74, 6) is -0.276. The number of rotatable bonds is 6. The topological polar surface area (TPSA) is 73.2 Å². The summed E-state index contributed by atoms with van der Waals surface area (Å²) < 4.78 is 20.7. The first kappa shape index (κ1) is 21.0. The summed E-state index contributed by atoms with van der Waals surface area (Å²) in [6.45, 7) is 5.37. The minimum atomic E-state index is -0.445. The standard InChI is InChI=1S/C25H20FN3O3/c1-3-24(30)28-22-14-21-20(13-23(22)32-19-11-9-18(26)10-12-19)25(31)29(15-27-21)16(2)17-7-5-4-6-8-17/h3-16H,1H2,2H3,(H,28,30). The van der Waals surface area contributed by atoms with Gasteiger partial charge in [-0.15, -0.1) is 0 Å². The van der Waals surface area contributed by atoms with Crippen molar-refractivity contribution in [2.24, 2.45) is 0 Å². The summed E-state index contributed by atoms with van der Waals surface area (Å²) in [6, 6.07) is 17.9. The van der Waals surface area contributed by atoms with Crippen molar-refractivity contribution in [1.82, 2.24) is 9.55 Å². The maximum Gasteiger partial charge on any atom is 0.261 e. The Hall–Kier alpha value is -4.26. The molecular formula is C25H20FN3O3. The van der Waals surface area contributed by atoms with E-state index in [0.29, 0.717) is 22.3 Å². The van der Waals surface area contributed by atoms with Crippen molar-refractivity contribution >= 4 is 22.5 Å². The molecule has 7 heteroatoms. The lowest BCUT2D eigenvalue weighted by Crippen LogP contribution is -2.24. The minimum Gasteiger partial charge on any atom is -0.455 e. The average molecular weight is 429 g/mol. The van der Waals surface area contributed by atoms with Crippen LogP contribution in [-0.2, 0) is 4.79 Å². The molecule has 0 saturated carbocycles. The second-order valence-electron chi connectivity index (χ2n) is 7.16. The van der Waals surface area contributed by atoms with E-state index in [0.717, 1.165) is 11.6 Å². The van der Waals surface area contributed by atoms with Crippen molar-refractivity contribution in [3.63, 3.8) is 0 Å². The van der Waals surface area contributed by atoms with E-state index in [-0.39, 0.29) is 17.4 Å². The monoisotopic (exact) mass is 429 g/mol. The van der Waals surface area contributed by atoms with Gasteiger partial charge in [0.15, 0.2) is 5.75 Å². The highest BCUT2D eigenvalue weighted by atomic mass is 19.1. The van der Waals surface area contributed by atoms with E-state index in [1.54, 1.807) is 10.6 Å². The number of carbonyl (C=O) groups is 1. The number of hydrogen-bond acceptors (Lipinski definition) is 4. The van der Waals surface area contributed by atoms with Crippen molar-refractivity contribution in [2.75, 3.05) is 5.32 Å². The fourth-order valence-electron chi connectivity index (χ4n) is 3.33. The molecule has 0 bridgehead atoms. The Morgan fingerprint density at radius 2 is 1.88 bits per heavy atom. The van der Waals surface area contributed by atoms with Gasteiger partial charge in [0, 0.05) is 0 Å². The van der Waals surface area contributed by atoms with Crippen LogP contribution < -0.4 is 15.6 Å². The number of aromatic nitrogens is 2. The van der Waals surface area contributed by atoms with Gasteiger partial charge in [-0.2, -0.15) is 0 Å². The lowest BCUT2D eigenvalue weighted by Gasteiger charge is -2.17. The number of halogens is 1. The molecule has 0 saturated heterocycles. The summed E-state index contributed by atoms with van der Waals surface area (Å²) in [5.41, 5.74) is 1.43. The van der Waals surface area contributed by atoms with Crippen LogP contribution in [0.1, 0.15) is 18.5 Å². The largest absolute Gasteiger partial charge is 0.455 e. The van der Waals surface area contributed by atoms with Crippen molar-refractivity contribution in [2.45, 2.75) is 13.0 Å². The van der Waals surface area contributed by atoms with E-state index < -0.39 is 11.7 Å². The highest BCUT2D eigenvalue weighted by molar-refractivity contribution is 6.01. The SMILES string of the molecule is C=CC(=O)Nc1cc2ncn(C(C)c3ccccc3)c(=O)c2cc1Oc1ccc(F)cc1. The molecule has 0 spiro atoms. The second kappa shape index (κ2) is 8.85. The molecule has 6 nitrogen and oxygen atoms in total. The molecule has 1 atom stereocenters. The van der Waals surface area contributed by atoms with E-state index in [1.807, 2.05) is 37.3 Å². The molecule has 1 amide bonds. The molecule has 0 aliphatic carbocycles. The molecule has 0 aliphatic heterocycles. The zero-order chi connectivity index (χ0) is 22.7. The maximum atomic E-state index is 13.3. The third-order valence-corrected chi connectivity index (χ3v) is 5.07. The number of hydrogen-bond donors (Lipinski definition) is 1. The summed E-state index contributed by atoms with van der Waals surface area (Å²) >= 11 is 0. The smallest absolute Gasteiger partial charge is 0.261 e. The number of anilines is 1. The fourth-order valence-corrected chi connectivity index (χ4v) is 3.33. The number of benzene rings is 3. The normalized spacial score (nSPS) is 11.7. The quantitative estimate of drug-likeness (QED) is 0.435. The molecule has 0 radical (unpaired) electrons. The highest BCUT2D eigenvalue weighted by Gasteiger charge is 2.16. The molecule has 0 aliphatic rings. The van der Waals surface area contributed by atoms with Crippen LogP contribution in [0.4, 0.5) is 10.1 Å². The second-order valence-corrected chi connectivity index (χ2v) is 7.16. The minimum absolute atomic E-state index is 0.225. The molecule has 3 aromatic carbocycles. The number of fused-ring (bicyclic) bond motifs is 1. The van der Waals surface area contributed by atoms with Gasteiger partial charge >= 0.3 is 0 Å². The molecule has 32 heavy (non-hydrogen) atoms. The number of nitrogens with one attached hydrogen (secondary N) is 1. The molecule has 1 aromatic heterocycles. The molecular weight excluding hydrogens is 409 g/mol. The van der Waals surface area contributed by atoms with Gasteiger partial charge in [-0.25, -0.2) is 9.37 Å². The maximum absolute atomic E-state index is 13.3. The summed E-state index contributed by atoms with van der Waals surface area (Å²) in [4.78, 5) is 29.6. The van der Waals surface area contributed by atoms with E-state index in [1.165, 1.54) is 36.7 Å². The van der Waals surface area contributed by atoms with Crippen LogP contribution in [0.15, 0.2) is 90.5 Å². The Labute approximate surface area is 183 Å². The Morgan fingerprint density at radius 3 is 2.56 bits per heavy atom. The molecule has 4 rings (SSSR count). The van der Waals surface area contributed by atoms with Crippen LogP contribution >= 0.6 is 0 Å². The Morgan fingerprint density at radius 1 is 1.16 bits per heavy atom. The number of nitrogens with zero attached hydrogens (tertiary/aromatic N) is 2. The Balaban J connectivity index is 1.83. The lowest BCUT2D eigenvalue weighted by molar-refractivity contribution is -0.111. The first-order valence-corrected chi connectivity index (χ1v) is 9.93. The molecule has 1 N–H and O–H groups in total. The highest BCUT2D eigenvalue weighted by Crippen LogP contribution is 2.33. The van der Waals surface area contributed by atoms with Gasteiger partial charge in [-0.3, -0.25) is 14.2 Å². The molecule has 1 unspecified atom stereocenters. The predicted molar refractivity (Wildman–Crippen MR) is 122 cm³/mol. The van der Waals surface area contributed by atoms with E-state index in [9.17, 15) is 14.0 Å². The average Bonchev–Trinajstić information content (AvgIpc) is 2.81. The van der Waals surface area contributed by atoms with Gasteiger partial charge in [0.25, 0.3) is 5.56 Å². The van der Waals surface area contributed by atoms with E-state index in [4.69, 9.17) is 4.74 Å². The van der Waals surface area contributed by atoms with Gasteiger partial charge < -0.3 is 10.1 Å². The third kappa shape index (κ3) is 4.27. The van der Waals surface area contributed by atoms with E-state index >= 15 is 0 Å². The number of ether oxygens (including phenoxy) is 1. The van der Waals surface area contributed by atoms with Crippen LogP contribution in [0.5, 0.6) is 11.5 Å². The van der Waals surface area contributed by atoms with Crippen molar-refractivity contribution < 1.29 is 13.9 Å². The Kier molecular flexibility index (Phi) is 5.81. The van der Waals surface area contributed by atoms with Crippen LogP contribution in [0, 0.1) is 5.82 Å². The van der Waals surface area contributed by atoms with Crippen LogP contribution in [0.3, 0.4) is 0 Å². The first-order chi connectivity index (χ1) is 15.5. The van der Waals surface area contributed by atoms with Gasteiger partial charge in [0.05, 0.1) is 29.0 Å². The van der Waals surface area contributed by atoms with Gasteiger partial charge in [-0.05, 0) is 55.0 Å². The summed E-state index contributed by atoms with van der Waals surface area (Å²) in [7, 11) is 0. The lowest BCUT2D eigenvalue weighted by atomic mass is 10.1. The van der Waals surface area contributed by atoms with Crippen molar-refractivity contribution in [1.29, 1.82) is 0 Å². The number of amides is 1. The zero-order valence-electron chi connectivity index (χ0n) is 17.3. The molecule has 160 valence electrons. The third-order valence-electron chi connectivity index (χ3n) is 5.07. The van der Waals surface area contributed by atoms with Gasteiger partial charge in [0.1, 0.15) is 11.6 Å². The van der Waals surface area contributed by atoms with Crippen molar-refractivity contribution in [3.8, 4) is 11.5 Å². The molecule has 4 aromatic rings. The predicted octanol–water partition coefficient (Wildman–Crippen LogP) is 5.06. The fraction of sp³-hybridized carbons (Fsp3) is 0.0800. The first-order valence-electron chi connectivity index (χ1n) is 9.93. The summed E-state index contributed by atoms with van der Waals surface area (Å²) in [6.07, 6.45) is 2.61. The van der Waals surface area contributed by atoms with E-state index in [2.05, 4.69) is 16.9 Å². The van der Waals surface area contributed by atoms with Crippen molar-refractivity contribution in [3.05, 3.63) is 107 Å².